The first kappa shape index (κ1) is 25.4. The number of rotatable bonds is 8. The fourth-order valence-corrected chi connectivity index (χ4v) is 5.10. The fourth-order valence-electron chi connectivity index (χ4n) is 3.68. The van der Waals surface area contributed by atoms with Gasteiger partial charge in [0, 0.05) is 10.0 Å². The maximum atomic E-state index is 12.1. The van der Waals surface area contributed by atoms with Gasteiger partial charge in [-0.25, -0.2) is 5.43 Å². The summed E-state index contributed by atoms with van der Waals surface area (Å²) in [5.74, 6) is 0.931. The van der Waals surface area contributed by atoms with Gasteiger partial charge >= 0.3 is 0 Å². The molecule has 0 radical (unpaired) electrons. The zero-order valence-electron chi connectivity index (χ0n) is 18.9. The Labute approximate surface area is 201 Å². The Hall–Kier alpha value is -1.86. The summed E-state index contributed by atoms with van der Waals surface area (Å²) >= 11 is 6.86. The summed E-state index contributed by atoms with van der Waals surface area (Å²) in [6, 6.07) is 11.7. The Morgan fingerprint density at radius 1 is 1.10 bits per heavy atom. The Morgan fingerprint density at radius 3 is 2.32 bits per heavy atom. The summed E-state index contributed by atoms with van der Waals surface area (Å²) in [4.78, 5) is 12.1. The second-order valence-corrected chi connectivity index (χ2v) is 11.0. The van der Waals surface area contributed by atoms with E-state index in [2.05, 4.69) is 89.1 Å². The Bertz CT molecular complexity index is 933. The van der Waals surface area contributed by atoms with Crippen LogP contribution in [0, 0.1) is 5.41 Å². The van der Waals surface area contributed by atoms with Gasteiger partial charge in [0.25, 0.3) is 5.91 Å². The van der Waals surface area contributed by atoms with Crippen LogP contribution in [0.15, 0.2) is 50.4 Å². The molecule has 0 atom stereocenters. The minimum atomic E-state index is -0.346. The molecule has 0 heterocycles. The number of hydrogen-bond acceptors (Lipinski definition) is 4. The number of amides is 1. The third kappa shape index (κ3) is 7.96. The number of benzene rings is 2. The van der Waals surface area contributed by atoms with E-state index in [1.54, 1.807) is 7.11 Å². The number of nitrogens with one attached hydrogen (secondary N) is 1. The first-order chi connectivity index (χ1) is 14.4. The smallest absolute Gasteiger partial charge is 0.277 e. The molecule has 168 valence electrons. The second-order valence-electron chi connectivity index (χ2n) is 9.24. The number of nitrogens with zero attached hydrogens (tertiary/aromatic N) is 1. The first-order valence-corrected chi connectivity index (χ1v) is 11.6. The number of hydrazone groups is 1. The van der Waals surface area contributed by atoms with Gasteiger partial charge in [0.05, 0.1) is 17.8 Å². The molecule has 2 rings (SSSR count). The molecule has 31 heavy (non-hydrogen) atoms. The van der Waals surface area contributed by atoms with Gasteiger partial charge in [0.15, 0.2) is 6.61 Å². The van der Waals surface area contributed by atoms with Gasteiger partial charge in [-0.05, 0) is 63.0 Å². The molecule has 5 nitrogen and oxygen atoms in total. The van der Waals surface area contributed by atoms with Gasteiger partial charge in [-0.2, -0.15) is 5.10 Å². The first-order valence-electron chi connectivity index (χ1n) is 9.99. The molecule has 0 aliphatic heterocycles. The van der Waals surface area contributed by atoms with Crippen LogP contribution in [-0.2, 0) is 10.2 Å². The molecule has 0 spiro atoms. The van der Waals surface area contributed by atoms with Crippen LogP contribution in [0.5, 0.6) is 11.5 Å². The van der Waals surface area contributed by atoms with E-state index in [4.69, 9.17) is 9.47 Å². The summed E-state index contributed by atoms with van der Waals surface area (Å²) in [5, 5.41) is 4.00. The minimum absolute atomic E-state index is 0.0609. The van der Waals surface area contributed by atoms with Crippen LogP contribution in [0.1, 0.15) is 52.2 Å². The van der Waals surface area contributed by atoms with E-state index in [-0.39, 0.29) is 23.3 Å². The van der Waals surface area contributed by atoms with Crippen molar-refractivity contribution in [1.82, 2.24) is 5.43 Å². The highest BCUT2D eigenvalue weighted by molar-refractivity contribution is 9.11. The third-order valence-electron chi connectivity index (χ3n) is 4.61. The van der Waals surface area contributed by atoms with Gasteiger partial charge in [-0.1, -0.05) is 62.7 Å². The van der Waals surface area contributed by atoms with Crippen LogP contribution >= 0.6 is 31.9 Å². The van der Waals surface area contributed by atoms with Crippen LogP contribution in [0.4, 0.5) is 0 Å². The van der Waals surface area contributed by atoms with Crippen molar-refractivity contribution in [2.75, 3.05) is 13.7 Å². The lowest BCUT2D eigenvalue weighted by Crippen LogP contribution is -2.25. The molecule has 0 saturated carbocycles. The zero-order chi connectivity index (χ0) is 23.2. The predicted octanol–water partition coefficient (Wildman–Crippen LogP) is 6.46. The summed E-state index contributed by atoms with van der Waals surface area (Å²) < 4.78 is 12.6. The number of carbonyl (C=O) groups excluding carboxylic acids is 1. The maximum Gasteiger partial charge on any atom is 0.277 e. The maximum absolute atomic E-state index is 12.1. The number of ether oxygens (including phenoxy) is 2. The molecule has 0 bridgehead atoms. The fraction of sp³-hybridized carbons (Fsp3) is 0.417. The zero-order valence-corrected chi connectivity index (χ0v) is 22.1. The van der Waals surface area contributed by atoms with Crippen LogP contribution < -0.4 is 14.9 Å². The molecule has 2 aromatic rings. The molecule has 0 saturated heterocycles. The average Bonchev–Trinajstić information content (AvgIpc) is 2.64. The number of hydrogen-bond donors (Lipinski definition) is 1. The van der Waals surface area contributed by atoms with Gasteiger partial charge in [-0.15, -0.1) is 0 Å². The number of methoxy groups -OCH3 is 1. The molecular formula is C24H30Br2N2O3. The molecule has 7 heteroatoms. The normalized spacial score (nSPS) is 12.1. The highest BCUT2D eigenvalue weighted by Gasteiger charge is 2.27. The van der Waals surface area contributed by atoms with Crippen LogP contribution in [0.25, 0.3) is 0 Å². The third-order valence-corrected chi connectivity index (χ3v) is 5.66. The predicted molar refractivity (Wildman–Crippen MR) is 133 cm³/mol. The molecule has 1 amide bonds. The van der Waals surface area contributed by atoms with E-state index in [1.807, 2.05) is 24.3 Å². The minimum Gasteiger partial charge on any atom is -0.495 e. The summed E-state index contributed by atoms with van der Waals surface area (Å²) in [5.41, 5.74) is 4.75. The molecule has 0 aliphatic rings. The van der Waals surface area contributed by atoms with Crippen LogP contribution in [0.2, 0.25) is 0 Å². The Kier molecular flexibility index (Phi) is 8.72. The SMILES string of the molecule is COc1c(Br)cc(Br)cc1/C=N\NC(=O)COc1ccc(C(C)(C)CC(C)(C)C)cc1. The molecule has 0 unspecified atom stereocenters. The van der Waals surface area contributed by atoms with Crippen molar-refractivity contribution < 1.29 is 14.3 Å². The van der Waals surface area contributed by atoms with Gasteiger partial charge < -0.3 is 9.47 Å². The standard InChI is InChI=1S/C24H30Br2N2O3/c1-23(2,3)15-24(4,5)17-7-9-19(10-8-17)31-14-21(29)28-27-13-16-11-18(25)12-20(26)22(16)30-6/h7-13H,14-15H2,1-6H3,(H,28,29)/b27-13-. The van der Waals surface area contributed by atoms with Gasteiger partial charge in [0.1, 0.15) is 11.5 Å². The van der Waals surface area contributed by atoms with Crippen molar-refractivity contribution >= 4 is 44.0 Å². The summed E-state index contributed by atoms with van der Waals surface area (Å²) in [6.07, 6.45) is 2.60. The summed E-state index contributed by atoms with van der Waals surface area (Å²) in [6.45, 7) is 11.1. The molecular weight excluding hydrogens is 524 g/mol. The molecule has 2 aromatic carbocycles. The van der Waals surface area contributed by atoms with E-state index in [9.17, 15) is 4.79 Å². The Balaban J connectivity index is 1.91. The van der Waals surface area contributed by atoms with E-state index in [0.29, 0.717) is 11.5 Å². The number of carbonyl (C=O) groups is 1. The Morgan fingerprint density at radius 2 is 1.74 bits per heavy atom. The van der Waals surface area contributed by atoms with Crippen molar-refractivity contribution in [3.05, 3.63) is 56.5 Å². The van der Waals surface area contributed by atoms with Crippen molar-refractivity contribution in [3.63, 3.8) is 0 Å². The topological polar surface area (TPSA) is 59.9 Å². The van der Waals surface area contributed by atoms with E-state index in [1.165, 1.54) is 11.8 Å². The highest BCUT2D eigenvalue weighted by Crippen LogP contribution is 2.36. The average molecular weight is 554 g/mol. The van der Waals surface area contributed by atoms with Gasteiger partial charge in [0.2, 0.25) is 0 Å². The van der Waals surface area contributed by atoms with Crippen molar-refractivity contribution in [2.24, 2.45) is 10.5 Å². The lowest BCUT2D eigenvalue weighted by molar-refractivity contribution is -0.123. The monoisotopic (exact) mass is 552 g/mol. The van der Waals surface area contributed by atoms with E-state index in [0.717, 1.165) is 20.9 Å². The lowest BCUT2D eigenvalue weighted by atomic mass is 9.72. The van der Waals surface area contributed by atoms with Crippen molar-refractivity contribution in [1.29, 1.82) is 0 Å². The molecule has 0 fully saturated rings. The van der Waals surface area contributed by atoms with Crippen molar-refractivity contribution in [3.8, 4) is 11.5 Å². The molecule has 1 N–H and O–H groups in total. The van der Waals surface area contributed by atoms with Gasteiger partial charge in [-0.3, -0.25) is 4.79 Å². The van der Waals surface area contributed by atoms with Crippen LogP contribution in [0.3, 0.4) is 0 Å². The summed E-state index contributed by atoms with van der Waals surface area (Å²) in [7, 11) is 1.58. The molecule has 0 aromatic heterocycles. The quantitative estimate of drug-likeness (QED) is 0.301. The van der Waals surface area contributed by atoms with E-state index >= 15 is 0 Å². The second kappa shape index (κ2) is 10.6. The lowest BCUT2D eigenvalue weighted by Gasteiger charge is -2.33. The number of halogens is 2. The van der Waals surface area contributed by atoms with E-state index < -0.39 is 0 Å². The van der Waals surface area contributed by atoms with Crippen molar-refractivity contribution in [2.45, 2.75) is 46.5 Å². The van der Waals surface area contributed by atoms with Crippen LogP contribution in [-0.4, -0.2) is 25.8 Å². The molecule has 0 aliphatic carbocycles. The highest BCUT2D eigenvalue weighted by atomic mass is 79.9. The largest absolute Gasteiger partial charge is 0.495 e.